The van der Waals surface area contributed by atoms with Crippen LogP contribution in [0, 0.1) is 0 Å². The van der Waals surface area contributed by atoms with Gasteiger partial charge in [0.1, 0.15) is 0 Å². The summed E-state index contributed by atoms with van der Waals surface area (Å²) in [6.07, 6.45) is 0.827. The van der Waals surface area contributed by atoms with Crippen LogP contribution in [-0.2, 0) is 4.79 Å². The third kappa shape index (κ3) is 4.27. The van der Waals surface area contributed by atoms with E-state index in [1.54, 1.807) is 11.8 Å². The maximum atomic E-state index is 12.8. The molecule has 2 fully saturated rings. The van der Waals surface area contributed by atoms with Crippen LogP contribution in [-0.4, -0.2) is 79.6 Å². The highest BCUT2D eigenvalue weighted by molar-refractivity contribution is 7.99. The highest BCUT2D eigenvalue weighted by Gasteiger charge is 2.29. The van der Waals surface area contributed by atoms with Crippen molar-refractivity contribution >= 4 is 29.3 Å². The Bertz CT molecular complexity index is 614. The second-order valence-corrected chi connectivity index (χ2v) is 7.71. The van der Waals surface area contributed by atoms with Crippen LogP contribution < -0.4 is 10.2 Å². The number of thioether (sulfide) groups is 1. The van der Waals surface area contributed by atoms with E-state index in [-0.39, 0.29) is 17.9 Å². The van der Waals surface area contributed by atoms with Gasteiger partial charge in [-0.3, -0.25) is 14.9 Å². The topological polar surface area (TPSA) is 55.9 Å². The van der Waals surface area contributed by atoms with Crippen LogP contribution in [0.25, 0.3) is 0 Å². The Kier molecular flexibility index (Phi) is 5.86. The fourth-order valence-corrected chi connectivity index (χ4v) is 4.13. The molecule has 0 saturated carbocycles. The number of hydrogen-bond donors (Lipinski definition) is 1. The number of nitrogens with zero attached hydrogens (tertiary/aromatic N) is 3. The monoisotopic (exact) mass is 362 g/mol. The minimum absolute atomic E-state index is 0.0501. The van der Waals surface area contributed by atoms with Crippen LogP contribution in [0.2, 0.25) is 0 Å². The molecule has 0 radical (unpaired) electrons. The Morgan fingerprint density at radius 1 is 1.08 bits per heavy atom. The molecule has 1 atom stereocenters. The van der Waals surface area contributed by atoms with Crippen molar-refractivity contribution in [1.29, 1.82) is 0 Å². The van der Waals surface area contributed by atoms with E-state index in [4.69, 9.17) is 0 Å². The summed E-state index contributed by atoms with van der Waals surface area (Å²) in [5.74, 6) is 1.91. The SMILES string of the molecule is CN(C)c1ccc(C(=O)N2CCCN(C(=O)C3CSCN3)CC2)cc1. The van der Waals surface area contributed by atoms with Crippen LogP contribution >= 0.6 is 11.8 Å². The first kappa shape index (κ1) is 18.1. The number of hydrogen-bond acceptors (Lipinski definition) is 5. The molecule has 0 spiro atoms. The highest BCUT2D eigenvalue weighted by atomic mass is 32.2. The predicted octanol–water partition coefficient (Wildman–Crippen LogP) is 1.09. The standard InChI is InChI=1S/C18H26N4O2S/c1-20(2)15-6-4-14(5-7-15)17(23)21-8-3-9-22(11-10-21)18(24)16-12-25-13-19-16/h4-7,16,19H,3,8-13H2,1-2H3. The zero-order chi connectivity index (χ0) is 17.8. The molecular formula is C18H26N4O2S. The van der Waals surface area contributed by atoms with Gasteiger partial charge in [0.2, 0.25) is 5.91 Å². The third-order valence-corrected chi connectivity index (χ3v) is 5.68. The van der Waals surface area contributed by atoms with Crippen LogP contribution in [0.15, 0.2) is 24.3 Å². The Labute approximate surface area is 153 Å². The molecule has 1 unspecified atom stereocenters. The summed E-state index contributed by atoms with van der Waals surface area (Å²) in [7, 11) is 3.96. The fourth-order valence-electron chi connectivity index (χ4n) is 3.20. The molecule has 25 heavy (non-hydrogen) atoms. The van der Waals surface area contributed by atoms with Gasteiger partial charge in [-0.25, -0.2) is 0 Å². The van der Waals surface area contributed by atoms with Crippen molar-refractivity contribution in [3.8, 4) is 0 Å². The second kappa shape index (κ2) is 8.10. The maximum absolute atomic E-state index is 12.8. The zero-order valence-electron chi connectivity index (χ0n) is 14.9. The number of carbonyl (C=O) groups is 2. The summed E-state index contributed by atoms with van der Waals surface area (Å²) in [6, 6.07) is 7.62. The molecule has 2 amide bonds. The molecule has 2 saturated heterocycles. The Morgan fingerprint density at radius 3 is 2.40 bits per heavy atom. The van der Waals surface area contributed by atoms with E-state index in [0.717, 1.165) is 30.3 Å². The quantitative estimate of drug-likeness (QED) is 0.872. The zero-order valence-corrected chi connectivity index (χ0v) is 15.7. The van der Waals surface area contributed by atoms with Gasteiger partial charge in [-0.1, -0.05) is 0 Å². The van der Waals surface area contributed by atoms with E-state index in [0.29, 0.717) is 25.2 Å². The normalized spacial score (nSPS) is 21.1. The molecule has 1 aromatic rings. The lowest BCUT2D eigenvalue weighted by Gasteiger charge is -2.24. The van der Waals surface area contributed by atoms with E-state index < -0.39 is 0 Å². The van der Waals surface area contributed by atoms with Gasteiger partial charge in [0.15, 0.2) is 0 Å². The smallest absolute Gasteiger partial charge is 0.253 e. The average molecular weight is 362 g/mol. The molecular weight excluding hydrogens is 336 g/mol. The Hall–Kier alpha value is -1.73. The number of amides is 2. The van der Waals surface area contributed by atoms with Gasteiger partial charge in [0.05, 0.1) is 6.04 Å². The summed E-state index contributed by atoms with van der Waals surface area (Å²) in [5.41, 5.74) is 1.78. The fraction of sp³-hybridized carbons (Fsp3) is 0.556. The Balaban J connectivity index is 1.60. The van der Waals surface area contributed by atoms with Gasteiger partial charge in [-0.15, -0.1) is 11.8 Å². The number of anilines is 1. The second-order valence-electron chi connectivity index (χ2n) is 6.68. The minimum atomic E-state index is -0.0640. The van der Waals surface area contributed by atoms with Gasteiger partial charge in [-0.05, 0) is 30.7 Å². The number of carbonyl (C=O) groups excluding carboxylic acids is 2. The summed E-state index contributed by atoms with van der Waals surface area (Å²) in [5, 5.41) is 3.24. The third-order valence-electron chi connectivity index (χ3n) is 4.74. The van der Waals surface area contributed by atoms with Crippen LogP contribution in [0.4, 0.5) is 5.69 Å². The summed E-state index contributed by atoms with van der Waals surface area (Å²) < 4.78 is 0. The summed E-state index contributed by atoms with van der Waals surface area (Å²) in [4.78, 5) is 31.1. The van der Waals surface area contributed by atoms with Crippen molar-refractivity contribution in [3.05, 3.63) is 29.8 Å². The first-order valence-electron chi connectivity index (χ1n) is 8.73. The van der Waals surface area contributed by atoms with Crippen molar-refractivity contribution in [2.45, 2.75) is 12.5 Å². The molecule has 136 valence electrons. The van der Waals surface area contributed by atoms with Crippen molar-refractivity contribution in [3.63, 3.8) is 0 Å². The average Bonchev–Trinajstić information content (AvgIpc) is 3.05. The lowest BCUT2D eigenvalue weighted by atomic mass is 10.1. The lowest BCUT2D eigenvalue weighted by Crippen LogP contribution is -2.46. The molecule has 0 bridgehead atoms. The molecule has 1 N–H and O–H groups in total. The van der Waals surface area contributed by atoms with Gasteiger partial charge in [-0.2, -0.15) is 0 Å². The van der Waals surface area contributed by atoms with Crippen LogP contribution in [0.3, 0.4) is 0 Å². The van der Waals surface area contributed by atoms with E-state index >= 15 is 0 Å². The highest BCUT2D eigenvalue weighted by Crippen LogP contribution is 2.16. The van der Waals surface area contributed by atoms with Crippen molar-refractivity contribution in [1.82, 2.24) is 15.1 Å². The van der Waals surface area contributed by atoms with Gasteiger partial charge >= 0.3 is 0 Å². The van der Waals surface area contributed by atoms with Crippen molar-refractivity contribution in [2.75, 3.05) is 56.8 Å². The van der Waals surface area contributed by atoms with Gasteiger partial charge < -0.3 is 14.7 Å². The first-order chi connectivity index (χ1) is 12.1. The van der Waals surface area contributed by atoms with Crippen molar-refractivity contribution in [2.24, 2.45) is 0 Å². The van der Waals surface area contributed by atoms with Crippen LogP contribution in [0.1, 0.15) is 16.8 Å². The molecule has 7 heteroatoms. The molecule has 2 aliphatic heterocycles. The van der Waals surface area contributed by atoms with E-state index in [1.807, 2.05) is 53.1 Å². The first-order valence-corrected chi connectivity index (χ1v) is 9.88. The van der Waals surface area contributed by atoms with Crippen molar-refractivity contribution < 1.29 is 9.59 Å². The molecule has 1 aromatic carbocycles. The number of benzene rings is 1. The minimum Gasteiger partial charge on any atom is -0.378 e. The number of rotatable bonds is 3. The van der Waals surface area contributed by atoms with E-state index in [2.05, 4.69) is 5.32 Å². The summed E-state index contributed by atoms with van der Waals surface area (Å²) in [6.45, 7) is 2.64. The molecule has 0 aliphatic carbocycles. The Morgan fingerprint density at radius 2 is 1.76 bits per heavy atom. The molecule has 2 aliphatic rings. The summed E-state index contributed by atoms with van der Waals surface area (Å²) >= 11 is 1.76. The lowest BCUT2D eigenvalue weighted by molar-refractivity contribution is -0.132. The van der Waals surface area contributed by atoms with Crippen LogP contribution in [0.5, 0.6) is 0 Å². The molecule has 3 rings (SSSR count). The van der Waals surface area contributed by atoms with E-state index in [9.17, 15) is 9.59 Å². The predicted molar refractivity (Wildman–Crippen MR) is 102 cm³/mol. The molecule has 0 aromatic heterocycles. The van der Waals surface area contributed by atoms with E-state index in [1.165, 1.54) is 0 Å². The molecule has 2 heterocycles. The molecule has 6 nitrogen and oxygen atoms in total. The van der Waals surface area contributed by atoms with Gasteiger partial charge in [0.25, 0.3) is 5.91 Å². The largest absolute Gasteiger partial charge is 0.378 e. The van der Waals surface area contributed by atoms with Gasteiger partial charge in [0, 0.05) is 63.2 Å². The maximum Gasteiger partial charge on any atom is 0.253 e. The number of nitrogens with one attached hydrogen (secondary N) is 1.